The van der Waals surface area contributed by atoms with E-state index >= 15 is 0 Å². The topological polar surface area (TPSA) is 63.4 Å². The first-order chi connectivity index (χ1) is 12.0. The molecule has 0 atom stereocenters. The van der Waals surface area contributed by atoms with Crippen LogP contribution in [-0.2, 0) is 22.3 Å². The van der Waals surface area contributed by atoms with Gasteiger partial charge < -0.3 is 5.73 Å². The third-order valence-electron chi connectivity index (χ3n) is 4.84. The van der Waals surface area contributed by atoms with E-state index in [4.69, 9.17) is 17.3 Å². The fourth-order valence-electron chi connectivity index (χ4n) is 3.31. The van der Waals surface area contributed by atoms with Gasteiger partial charge in [0.05, 0.1) is 4.90 Å². The molecule has 0 saturated carbocycles. The predicted molar refractivity (Wildman–Crippen MR) is 102 cm³/mol. The molecule has 1 aliphatic rings. The van der Waals surface area contributed by atoms with Crippen LogP contribution in [0.3, 0.4) is 0 Å². The Morgan fingerprint density at radius 3 is 2.36 bits per heavy atom. The fraction of sp³-hybridized carbons (Fsp3) is 0.368. The third-order valence-corrected chi connectivity index (χ3v) is 7.02. The van der Waals surface area contributed by atoms with Crippen LogP contribution in [0.4, 0.5) is 5.69 Å². The second-order valence-corrected chi connectivity index (χ2v) is 8.74. The van der Waals surface area contributed by atoms with Gasteiger partial charge in [-0.25, -0.2) is 8.42 Å². The molecule has 6 heteroatoms. The average molecular weight is 379 g/mol. The van der Waals surface area contributed by atoms with Gasteiger partial charge in [0, 0.05) is 24.7 Å². The van der Waals surface area contributed by atoms with E-state index in [1.807, 2.05) is 18.2 Å². The lowest BCUT2D eigenvalue weighted by atomic mass is 9.91. The highest BCUT2D eigenvalue weighted by Gasteiger charge is 2.29. The maximum absolute atomic E-state index is 12.8. The predicted octanol–water partition coefficient (Wildman–Crippen LogP) is 3.65. The van der Waals surface area contributed by atoms with E-state index in [2.05, 4.69) is 12.1 Å². The number of nitrogen functional groups attached to an aromatic ring is 1. The monoisotopic (exact) mass is 378 g/mol. The lowest BCUT2D eigenvalue weighted by molar-refractivity contribution is 0.273. The molecule has 134 valence electrons. The first kappa shape index (κ1) is 18.2. The van der Waals surface area contributed by atoms with E-state index in [1.54, 1.807) is 16.4 Å². The quantitative estimate of drug-likeness (QED) is 0.638. The van der Waals surface area contributed by atoms with Crippen LogP contribution in [0, 0.1) is 5.92 Å². The van der Waals surface area contributed by atoms with Crippen molar-refractivity contribution in [2.45, 2.75) is 30.0 Å². The highest BCUT2D eigenvalue weighted by molar-refractivity contribution is 7.89. The molecule has 2 aromatic rings. The van der Waals surface area contributed by atoms with Crippen LogP contribution in [0.1, 0.15) is 24.0 Å². The van der Waals surface area contributed by atoms with Crippen LogP contribution in [0.2, 0.25) is 0 Å². The lowest BCUT2D eigenvalue weighted by Crippen LogP contribution is -2.38. The number of sulfonamides is 1. The van der Waals surface area contributed by atoms with Crippen molar-refractivity contribution in [2.75, 3.05) is 18.8 Å². The van der Waals surface area contributed by atoms with Crippen LogP contribution in [-0.4, -0.2) is 25.8 Å². The Kier molecular flexibility index (Phi) is 5.67. The molecule has 0 spiro atoms. The average Bonchev–Trinajstić information content (AvgIpc) is 2.63. The van der Waals surface area contributed by atoms with Gasteiger partial charge in [-0.1, -0.05) is 36.4 Å². The maximum Gasteiger partial charge on any atom is 0.243 e. The molecular formula is C19H23ClN2O2S. The van der Waals surface area contributed by atoms with Crippen molar-refractivity contribution in [3.63, 3.8) is 0 Å². The van der Waals surface area contributed by atoms with Gasteiger partial charge in [0.15, 0.2) is 0 Å². The van der Waals surface area contributed by atoms with E-state index in [-0.39, 0.29) is 10.8 Å². The van der Waals surface area contributed by atoms with Gasteiger partial charge >= 0.3 is 0 Å². The van der Waals surface area contributed by atoms with Crippen molar-refractivity contribution in [3.05, 3.63) is 59.7 Å². The number of halogens is 1. The summed E-state index contributed by atoms with van der Waals surface area (Å²) >= 11 is 5.79. The minimum absolute atomic E-state index is 0.250. The molecule has 4 nitrogen and oxygen atoms in total. The zero-order valence-electron chi connectivity index (χ0n) is 14.1. The van der Waals surface area contributed by atoms with Crippen molar-refractivity contribution in [2.24, 2.45) is 5.92 Å². The number of anilines is 1. The number of nitrogens with two attached hydrogens (primary N) is 1. The molecule has 3 rings (SSSR count). The SMILES string of the molecule is Nc1cc(S(=O)(=O)N2CCC(Cc3ccccc3)CC2)ccc1CCl. The molecule has 2 aromatic carbocycles. The molecule has 0 bridgehead atoms. The highest BCUT2D eigenvalue weighted by atomic mass is 35.5. The first-order valence-electron chi connectivity index (χ1n) is 8.49. The van der Waals surface area contributed by atoms with Crippen molar-refractivity contribution < 1.29 is 8.42 Å². The zero-order valence-corrected chi connectivity index (χ0v) is 15.6. The van der Waals surface area contributed by atoms with Gasteiger partial charge in [-0.2, -0.15) is 4.31 Å². The van der Waals surface area contributed by atoms with Gasteiger partial charge in [-0.3, -0.25) is 0 Å². The second-order valence-electron chi connectivity index (χ2n) is 6.53. The largest absolute Gasteiger partial charge is 0.398 e. The van der Waals surface area contributed by atoms with E-state index < -0.39 is 10.0 Å². The Bertz CT molecular complexity index is 817. The van der Waals surface area contributed by atoms with Crippen LogP contribution >= 0.6 is 11.6 Å². The smallest absolute Gasteiger partial charge is 0.243 e. The maximum atomic E-state index is 12.8. The summed E-state index contributed by atoms with van der Waals surface area (Å²) in [5, 5.41) is 0. The number of rotatable bonds is 5. The minimum atomic E-state index is -3.50. The molecule has 1 fully saturated rings. The molecule has 2 N–H and O–H groups in total. The number of hydrogen-bond donors (Lipinski definition) is 1. The molecule has 1 heterocycles. The second kappa shape index (κ2) is 7.77. The van der Waals surface area contributed by atoms with Gasteiger partial charge in [0.2, 0.25) is 10.0 Å². The van der Waals surface area contributed by atoms with Crippen LogP contribution in [0.5, 0.6) is 0 Å². The van der Waals surface area contributed by atoms with Gasteiger partial charge in [0.1, 0.15) is 0 Å². The number of piperidine rings is 1. The Balaban J connectivity index is 1.66. The van der Waals surface area contributed by atoms with E-state index in [1.165, 1.54) is 11.6 Å². The van der Waals surface area contributed by atoms with E-state index in [9.17, 15) is 8.42 Å². The summed E-state index contributed by atoms with van der Waals surface area (Å²) < 4.78 is 27.3. The summed E-state index contributed by atoms with van der Waals surface area (Å²) in [6, 6.07) is 15.2. The number of benzene rings is 2. The summed E-state index contributed by atoms with van der Waals surface area (Å²) in [5.41, 5.74) is 8.39. The van der Waals surface area contributed by atoms with Crippen LogP contribution in [0.15, 0.2) is 53.4 Å². The summed E-state index contributed by atoms with van der Waals surface area (Å²) in [4.78, 5) is 0.250. The van der Waals surface area contributed by atoms with Gasteiger partial charge in [0.25, 0.3) is 0 Å². The molecule has 0 aromatic heterocycles. The van der Waals surface area contributed by atoms with Crippen molar-refractivity contribution >= 4 is 27.3 Å². The Labute approximate surface area is 154 Å². The molecule has 1 saturated heterocycles. The summed E-state index contributed by atoms with van der Waals surface area (Å²) in [6.07, 6.45) is 2.76. The fourth-order valence-corrected chi connectivity index (χ4v) is 5.05. The minimum Gasteiger partial charge on any atom is -0.398 e. The number of hydrogen-bond acceptors (Lipinski definition) is 3. The molecule has 0 aliphatic carbocycles. The van der Waals surface area contributed by atoms with E-state index in [0.717, 1.165) is 24.8 Å². The van der Waals surface area contributed by atoms with Gasteiger partial charge in [-0.15, -0.1) is 11.6 Å². The van der Waals surface area contributed by atoms with Crippen molar-refractivity contribution in [3.8, 4) is 0 Å². The Morgan fingerprint density at radius 2 is 1.76 bits per heavy atom. The lowest BCUT2D eigenvalue weighted by Gasteiger charge is -2.31. The standard InChI is InChI=1S/C19H23ClN2O2S/c20-14-17-6-7-18(13-19(17)21)25(23,24)22-10-8-16(9-11-22)12-15-4-2-1-3-5-15/h1-7,13,16H,8-12,14,21H2. The Hall–Kier alpha value is -1.56. The summed E-state index contributed by atoms with van der Waals surface area (Å²) in [5.74, 6) is 0.800. The van der Waals surface area contributed by atoms with Crippen molar-refractivity contribution in [1.82, 2.24) is 4.31 Å². The summed E-state index contributed by atoms with van der Waals surface area (Å²) in [7, 11) is -3.50. The van der Waals surface area contributed by atoms with Gasteiger partial charge in [-0.05, 0) is 48.4 Å². The molecule has 0 unspecified atom stereocenters. The number of alkyl halides is 1. The highest BCUT2D eigenvalue weighted by Crippen LogP contribution is 2.28. The Morgan fingerprint density at radius 1 is 1.08 bits per heavy atom. The summed E-state index contributed by atoms with van der Waals surface area (Å²) in [6.45, 7) is 1.11. The molecule has 0 radical (unpaired) electrons. The normalized spacial score (nSPS) is 16.8. The first-order valence-corrected chi connectivity index (χ1v) is 10.5. The molecular weight excluding hydrogens is 356 g/mol. The van der Waals surface area contributed by atoms with Crippen LogP contribution < -0.4 is 5.73 Å². The molecule has 1 aliphatic heterocycles. The third kappa shape index (κ3) is 4.17. The van der Waals surface area contributed by atoms with Crippen LogP contribution in [0.25, 0.3) is 0 Å². The molecule has 25 heavy (non-hydrogen) atoms. The molecule has 0 amide bonds. The van der Waals surface area contributed by atoms with E-state index in [0.29, 0.717) is 24.7 Å². The van der Waals surface area contributed by atoms with Crippen molar-refractivity contribution in [1.29, 1.82) is 0 Å². The number of nitrogens with zero attached hydrogens (tertiary/aromatic N) is 1. The zero-order chi connectivity index (χ0) is 17.9.